The summed E-state index contributed by atoms with van der Waals surface area (Å²) in [5.41, 5.74) is 1.32. The van der Waals surface area contributed by atoms with Gasteiger partial charge in [-0.3, -0.25) is 19.9 Å². The predicted octanol–water partition coefficient (Wildman–Crippen LogP) is 2.26. The molecule has 1 atom stereocenters. The lowest BCUT2D eigenvalue weighted by Crippen LogP contribution is -2.48. The largest absolute Gasteiger partial charge is 0.329 e. The van der Waals surface area contributed by atoms with E-state index in [1.54, 1.807) is 22.7 Å². The van der Waals surface area contributed by atoms with Crippen molar-refractivity contribution >= 4 is 34.7 Å². The molecular weight excluding hydrogens is 340 g/mol. The fourth-order valence-electron chi connectivity index (χ4n) is 2.52. The average Bonchev–Trinajstić information content (AvgIpc) is 3.05. The van der Waals surface area contributed by atoms with Crippen LogP contribution in [0, 0.1) is 10.1 Å². The molecule has 2 aromatic rings. The van der Waals surface area contributed by atoms with E-state index in [1.165, 1.54) is 6.07 Å². The van der Waals surface area contributed by atoms with Crippen LogP contribution in [0.4, 0.5) is 5.00 Å². The Morgan fingerprint density at radius 2 is 2.35 bits per heavy atom. The lowest BCUT2D eigenvalue weighted by atomic mass is 10.0. The molecule has 9 heteroatoms. The van der Waals surface area contributed by atoms with Crippen LogP contribution in [0.3, 0.4) is 0 Å². The number of carbonyl (C=O) groups excluding carboxylic acids is 1. The number of pyridine rings is 1. The number of nitro groups is 1. The number of nitrogens with zero attached hydrogens (tertiary/aromatic N) is 3. The highest BCUT2D eigenvalue weighted by molar-refractivity contribution is 7.13. The standard InChI is InChI=1S/C14H14N4O3S.ClH/c19-14(11-6-13(18(20)21)22-9-11)17-5-4-16-8-12(17)10-2-1-3-15-7-10;/h1-3,6-7,9,12,16H,4-5,8H2;1H. The van der Waals surface area contributed by atoms with Crippen LogP contribution >= 0.6 is 23.7 Å². The Hall–Kier alpha value is -2.03. The number of hydrogen-bond acceptors (Lipinski definition) is 6. The maximum absolute atomic E-state index is 12.7. The van der Waals surface area contributed by atoms with Gasteiger partial charge in [-0.1, -0.05) is 17.4 Å². The number of halogens is 1. The molecule has 0 spiro atoms. The van der Waals surface area contributed by atoms with Crippen molar-refractivity contribution in [2.75, 3.05) is 19.6 Å². The predicted molar refractivity (Wildman–Crippen MR) is 89.1 cm³/mol. The molecule has 3 rings (SSSR count). The highest BCUT2D eigenvalue weighted by Gasteiger charge is 2.30. The number of carbonyl (C=O) groups is 1. The van der Waals surface area contributed by atoms with Gasteiger partial charge in [0.1, 0.15) is 0 Å². The first kappa shape index (κ1) is 17.3. The molecule has 1 saturated heterocycles. The maximum atomic E-state index is 12.7. The highest BCUT2D eigenvalue weighted by atomic mass is 35.5. The first-order valence-corrected chi connectivity index (χ1v) is 7.69. The number of hydrogen-bond donors (Lipinski definition) is 1. The first-order chi connectivity index (χ1) is 10.7. The van der Waals surface area contributed by atoms with Crippen molar-refractivity contribution < 1.29 is 9.72 Å². The molecule has 1 aliphatic rings. The maximum Gasteiger partial charge on any atom is 0.324 e. The Bertz CT molecular complexity index is 694. The van der Waals surface area contributed by atoms with Gasteiger partial charge in [0.2, 0.25) is 0 Å². The van der Waals surface area contributed by atoms with Crippen LogP contribution in [0.5, 0.6) is 0 Å². The summed E-state index contributed by atoms with van der Waals surface area (Å²) in [6.07, 6.45) is 3.43. The molecule has 1 fully saturated rings. The lowest BCUT2D eigenvalue weighted by molar-refractivity contribution is -0.380. The second-order valence-electron chi connectivity index (χ2n) is 4.94. The molecule has 23 heavy (non-hydrogen) atoms. The molecule has 0 bridgehead atoms. The van der Waals surface area contributed by atoms with Gasteiger partial charge in [-0.25, -0.2) is 0 Å². The number of aromatic nitrogens is 1. The smallest absolute Gasteiger partial charge is 0.324 e. The molecule has 7 nitrogen and oxygen atoms in total. The monoisotopic (exact) mass is 354 g/mol. The van der Waals surface area contributed by atoms with Gasteiger partial charge in [-0.2, -0.15) is 0 Å². The van der Waals surface area contributed by atoms with Gasteiger partial charge in [0.15, 0.2) is 0 Å². The molecule has 2 aromatic heterocycles. The first-order valence-electron chi connectivity index (χ1n) is 6.81. The number of thiophene rings is 1. The molecule has 0 aliphatic carbocycles. The minimum absolute atomic E-state index is 0. The Kier molecular flexibility index (Phi) is 5.64. The molecule has 1 amide bonds. The minimum Gasteiger partial charge on any atom is -0.329 e. The van der Waals surface area contributed by atoms with E-state index in [0.717, 1.165) is 16.9 Å². The zero-order chi connectivity index (χ0) is 15.5. The second kappa shape index (κ2) is 7.49. The molecule has 0 aromatic carbocycles. The normalized spacial score (nSPS) is 17.4. The SMILES string of the molecule is Cl.O=C(c1csc([N+](=O)[O-])c1)N1CCNCC1c1cccnc1. The van der Waals surface area contributed by atoms with Crippen LogP contribution in [-0.4, -0.2) is 40.3 Å². The van der Waals surface area contributed by atoms with E-state index in [-0.39, 0.29) is 29.4 Å². The van der Waals surface area contributed by atoms with Crippen LogP contribution in [0.15, 0.2) is 36.0 Å². The fourth-order valence-corrected chi connectivity index (χ4v) is 3.21. The van der Waals surface area contributed by atoms with Crippen molar-refractivity contribution in [3.8, 4) is 0 Å². The van der Waals surface area contributed by atoms with Gasteiger partial charge in [0.05, 0.1) is 16.5 Å². The highest BCUT2D eigenvalue weighted by Crippen LogP contribution is 2.27. The van der Waals surface area contributed by atoms with Crippen LogP contribution in [0.1, 0.15) is 22.0 Å². The number of piperazine rings is 1. The van der Waals surface area contributed by atoms with Gasteiger partial charge in [-0.05, 0) is 11.6 Å². The number of rotatable bonds is 3. The third-order valence-electron chi connectivity index (χ3n) is 3.59. The second-order valence-corrected chi connectivity index (χ2v) is 5.83. The van der Waals surface area contributed by atoms with Crippen LogP contribution in [0.25, 0.3) is 0 Å². The zero-order valence-electron chi connectivity index (χ0n) is 12.0. The van der Waals surface area contributed by atoms with Gasteiger partial charge in [0.25, 0.3) is 5.91 Å². The number of nitrogens with one attached hydrogen (secondary N) is 1. The Morgan fingerprint density at radius 1 is 1.52 bits per heavy atom. The van der Waals surface area contributed by atoms with Crippen molar-refractivity contribution in [3.63, 3.8) is 0 Å². The Labute approximate surface area is 142 Å². The molecule has 3 heterocycles. The van der Waals surface area contributed by atoms with E-state index in [9.17, 15) is 14.9 Å². The minimum atomic E-state index is -0.474. The number of amides is 1. The quantitative estimate of drug-likeness (QED) is 0.674. The summed E-state index contributed by atoms with van der Waals surface area (Å²) < 4.78 is 0. The third kappa shape index (κ3) is 3.66. The summed E-state index contributed by atoms with van der Waals surface area (Å²) in [6.45, 7) is 1.90. The van der Waals surface area contributed by atoms with Crippen LogP contribution in [-0.2, 0) is 0 Å². The van der Waals surface area contributed by atoms with E-state index in [0.29, 0.717) is 25.2 Å². The summed E-state index contributed by atoms with van der Waals surface area (Å²) in [6, 6.07) is 4.99. The molecule has 1 aliphatic heterocycles. The van der Waals surface area contributed by atoms with Gasteiger partial charge < -0.3 is 10.2 Å². The third-order valence-corrected chi connectivity index (χ3v) is 4.47. The lowest BCUT2D eigenvalue weighted by Gasteiger charge is -2.36. The van der Waals surface area contributed by atoms with E-state index >= 15 is 0 Å². The van der Waals surface area contributed by atoms with Gasteiger partial charge in [0, 0.05) is 43.5 Å². The van der Waals surface area contributed by atoms with Crippen molar-refractivity contribution in [3.05, 3.63) is 57.2 Å². The van der Waals surface area contributed by atoms with Gasteiger partial charge >= 0.3 is 5.00 Å². The van der Waals surface area contributed by atoms with E-state index in [1.807, 2.05) is 12.1 Å². The average molecular weight is 355 g/mol. The summed E-state index contributed by atoms with van der Waals surface area (Å²) >= 11 is 0.972. The van der Waals surface area contributed by atoms with Crippen LogP contribution in [0.2, 0.25) is 0 Å². The zero-order valence-corrected chi connectivity index (χ0v) is 13.7. The van der Waals surface area contributed by atoms with E-state index in [2.05, 4.69) is 10.3 Å². The summed E-state index contributed by atoms with van der Waals surface area (Å²) in [5.74, 6) is -0.181. The topological polar surface area (TPSA) is 88.4 Å². The Morgan fingerprint density at radius 3 is 3.00 bits per heavy atom. The molecule has 1 unspecified atom stereocenters. The van der Waals surface area contributed by atoms with E-state index < -0.39 is 4.92 Å². The van der Waals surface area contributed by atoms with E-state index in [4.69, 9.17) is 0 Å². The van der Waals surface area contributed by atoms with Crippen molar-refractivity contribution in [2.45, 2.75) is 6.04 Å². The molecule has 0 saturated carbocycles. The molecule has 1 N–H and O–H groups in total. The van der Waals surface area contributed by atoms with Crippen molar-refractivity contribution in [1.29, 1.82) is 0 Å². The van der Waals surface area contributed by atoms with Gasteiger partial charge in [-0.15, -0.1) is 12.4 Å². The summed E-state index contributed by atoms with van der Waals surface area (Å²) in [5, 5.41) is 15.6. The Balaban J connectivity index is 0.00000192. The van der Waals surface area contributed by atoms with Crippen molar-refractivity contribution in [1.82, 2.24) is 15.2 Å². The fraction of sp³-hybridized carbons (Fsp3) is 0.286. The molecule has 122 valence electrons. The molecule has 0 radical (unpaired) electrons. The summed E-state index contributed by atoms with van der Waals surface area (Å²) in [4.78, 5) is 28.8. The summed E-state index contributed by atoms with van der Waals surface area (Å²) in [7, 11) is 0. The van der Waals surface area contributed by atoms with Crippen LogP contribution < -0.4 is 5.32 Å². The molecular formula is C14H15ClN4O3S. The van der Waals surface area contributed by atoms with Crippen molar-refractivity contribution in [2.24, 2.45) is 0 Å².